The van der Waals surface area contributed by atoms with Crippen molar-refractivity contribution < 1.29 is 23.0 Å². The minimum atomic E-state index is -4.47. The van der Waals surface area contributed by atoms with Gasteiger partial charge in [-0.25, -0.2) is 0 Å². The second kappa shape index (κ2) is 6.01. The van der Waals surface area contributed by atoms with Gasteiger partial charge >= 0.3 is 6.18 Å². The molecule has 0 amide bonds. The Morgan fingerprint density at radius 3 is 2.62 bits per heavy atom. The fourth-order valence-electron chi connectivity index (χ4n) is 1.76. The summed E-state index contributed by atoms with van der Waals surface area (Å²) in [6.07, 6.45) is -4.20. The summed E-state index contributed by atoms with van der Waals surface area (Å²) >= 11 is 0. The van der Waals surface area contributed by atoms with E-state index >= 15 is 0 Å². The lowest BCUT2D eigenvalue weighted by Crippen LogP contribution is -2.20. The van der Waals surface area contributed by atoms with E-state index in [2.05, 4.69) is 4.98 Å². The first-order valence-corrected chi connectivity index (χ1v) is 6.05. The number of benzene rings is 1. The van der Waals surface area contributed by atoms with Crippen molar-refractivity contribution in [3.63, 3.8) is 0 Å². The summed E-state index contributed by atoms with van der Waals surface area (Å²) in [5.74, 6) is -0.120. The number of nitrogen functional groups attached to an aromatic ring is 1. The van der Waals surface area contributed by atoms with Crippen LogP contribution in [0, 0.1) is 0 Å². The summed E-state index contributed by atoms with van der Waals surface area (Å²) in [7, 11) is 0. The number of nitrogens with zero attached hydrogens (tertiary/aromatic N) is 1. The van der Waals surface area contributed by atoms with Crippen LogP contribution in [0.2, 0.25) is 0 Å². The number of anilines is 1. The van der Waals surface area contributed by atoms with Gasteiger partial charge in [-0.3, -0.25) is 4.98 Å². The monoisotopic (exact) mass is 298 g/mol. The molecule has 112 valence electrons. The van der Waals surface area contributed by atoms with E-state index in [4.69, 9.17) is 10.5 Å². The highest BCUT2D eigenvalue weighted by molar-refractivity contribution is 5.50. The molecule has 0 radical (unpaired) electrons. The number of rotatable bonds is 4. The molecule has 2 rings (SSSR count). The van der Waals surface area contributed by atoms with Crippen molar-refractivity contribution in [2.75, 3.05) is 12.3 Å². The number of aliphatic hydroxyl groups is 1. The van der Waals surface area contributed by atoms with Gasteiger partial charge < -0.3 is 15.6 Å². The van der Waals surface area contributed by atoms with Crippen molar-refractivity contribution in [1.82, 2.24) is 4.98 Å². The third-order valence-electron chi connectivity index (χ3n) is 2.69. The van der Waals surface area contributed by atoms with Crippen molar-refractivity contribution in [2.45, 2.75) is 12.3 Å². The highest BCUT2D eigenvalue weighted by Gasteiger charge is 2.29. The lowest BCUT2D eigenvalue weighted by Gasteiger charge is -2.17. The van der Waals surface area contributed by atoms with Gasteiger partial charge in [0.25, 0.3) is 0 Å². The average molecular weight is 298 g/mol. The summed E-state index contributed by atoms with van der Waals surface area (Å²) in [4.78, 5) is 3.97. The Bertz CT molecular complexity index is 603. The Hall–Kier alpha value is -2.28. The van der Waals surface area contributed by atoms with Crippen LogP contribution in [0.25, 0.3) is 0 Å². The van der Waals surface area contributed by atoms with Crippen molar-refractivity contribution >= 4 is 5.69 Å². The predicted molar refractivity (Wildman–Crippen MR) is 70.7 cm³/mol. The van der Waals surface area contributed by atoms with E-state index in [1.807, 2.05) is 0 Å². The molecule has 0 aliphatic rings. The van der Waals surface area contributed by atoms with Crippen LogP contribution in [0.4, 0.5) is 18.9 Å². The van der Waals surface area contributed by atoms with Gasteiger partial charge in [0.2, 0.25) is 0 Å². The number of halogens is 3. The number of ether oxygens (including phenoxy) is 1. The number of hydrogen-bond acceptors (Lipinski definition) is 4. The zero-order chi connectivity index (χ0) is 15.5. The lowest BCUT2D eigenvalue weighted by atomic mass is 10.0. The number of aliphatic hydroxyl groups excluding tert-OH is 1. The SMILES string of the molecule is Nc1ccc(C(O)c2ccccn2)c(OCC(F)(F)F)c1. The topological polar surface area (TPSA) is 68.4 Å². The molecule has 1 aromatic carbocycles. The van der Waals surface area contributed by atoms with Gasteiger partial charge in [-0.05, 0) is 18.2 Å². The molecule has 0 aliphatic heterocycles. The van der Waals surface area contributed by atoms with Crippen LogP contribution >= 0.6 is 0 Å². The molecular formula is C14H13F3N2O2. The Labute approximate surface area is 119 Å². The number of aromatic nitrogens is 1. The third-order valence-corrected chi connectivity index (χ3v) is 2.69. The molecule has 1 heterocycles. The lowest BCUT2D eigenvalue weighted by molar-refractivity contribution is -0.153. The Morgan fingerprint density at radius 1 is 1.24 bits per heavy atom. The minimum Gasteiger partial charge on any atom is -0.484 e. The van der Waals surface area contributed by atoms with Crippen LogP contribution in [0.3, 0.4) is 0 Å². The van der Waals surface area contributed by atoms with Crippen LogP contribution in [0.1, 0.15) is 17.4 Å². The van der Waals surface area contributed by atoms with Gasteiger partial charge in [0.15, 0.2) is 6.61 Å². The molecule has 4 nitrogen and oxygen atoms in total. The molecule has 7 heteroatoms. The first-order valence-electron chi connectivity index (χ1n) is 6.05. The molecule has 0 saturated carbocycles. The van der Waals surface area contributed by atoms with Crippen LogP contribution in [0.5, 0.6) is 5.75 Å². The highest BCUT2D eigenvalue weighted by Crippen LogP contribution is 2.32. The second-order valence-corrected chi connectivity index (χ2v) is 4.36. The summed E-state index contributed by atoms with van der Waals surface area (Å²) in [5.41, 5.74) is 6.27. The predicted octanol–water partition coefficient (Wildman–Crippen LogP) is 2.69. The third kappa shape index (κ3) is 4.09. The zero-order valence-electron chi connectivity index (χ0n) is 10.8. The van der Waals surface area contributed by atoms with Gasteiger partial charge in [-0.2, -0.15) is 13.2 Å². The molecule has 1 aromatic heterocycles. The highest BCUT2D eigenvalue weighted by atomic mass is 19.4. The van der Waals surface area contributed by atoms with E-state index in [0.29, 0.717) is 5.69 Å². The van der Waals surface area contributed by atoms with E-state index in [1.54, 1.807) is 18.2 Å². The number of nitrogens with two attached hydrogens (primary N) is 1. The molecule has 3 N–H and O–H groups in total. The maximum Gasteiger partial charge on any atom is 0.422 e. The summed E-state index contributed by atoms with van der Waals surface area (Å²) in [6.45, 7) is -1.46. The molecule has 1 unspecified atom stereocenters. The fourth-order valence-corrected chi connectivity index (χ4v) is 1.76. The molecule has 0 saturated heterocycles. The molecule has 2 aromatic rings. The van der Waals surface area contributed by atoms with Crippen LogP contribution < -0.4 is 10.5 Å². The van der Waals surface area contributed by atoms with Crippen LogP contribution in [-0.4, -0.2) is 22.9 Å². The second-order valence-electron chi connectivity index (χ2n) is 4.36. The van der Waals surface area contributed by atoms with E-state index < -0.39 is 18.9 Å². The molecule has 21 heavy (non-hydrogen) atoms. The molecule has 0 aliphatic carbocycles. The van der Waals surface area contributed by atoms with E-state index in [9.17, 15) is 18.3 Å². The maximum absolute atomic E-state index is 12.3. The molecular weight excluding hydrogens is 285 g/mol. The standard InChI is InChI=1S/C14H13F3N2O2/c15-14(16,17)8-21-12-7-9(18)4-5-10(12)13(20)11-3-1-2-6-19-11/h1-7,13,20H,8,18H2. The van der Waals surface area contributed by atoms with Crippen molar-refractivity contribution in [3.05, 3.63) is 53.9 Å². The first-order chi connectivity index (χ1) is 9.87. The summed E-state index contributed by atoms with van der Waals surface area (Å²) in [5, 5.41) is 10.2. The Morgan fingerprint density at radius 2 is 2.00 bits per heavy atom. The van der Waals surface area contributed by atoms with Gasteiger partial charge in [0, 0.05) is 23.5 Å². The average Bonchev–Trinajstić information content (AvgIpc) is 2.45. The number of pyridine rings is 1. The van der Waals surface area contributed by atoms with E-state index in [1.165, 1.54) is 24.4 Å². The Balaban J connectivity index is 2.30. The molecule has 0 fully saturated rings. The van der Waals surface area contributed by atoms with E-state index in [0.717, 1.165) is 0 Å². The fraction of sp³-hybridized carbons (Fsp3) is 0.214. The van der Waals surface area contributed by atoms with Crippen LogP contribution in [-0.2, 0) is 0 Å². The maximum atomic E-state index is 12.3. The van der Waals surface area contributed by atoms with Crippen molar-refractivity contribution in [2.24, 2.45) is 0 Å². The zero-order valence-corrected chi connectivity index (χ0v) is 10.8. The number of hydrogen-bond donors (Lipinski definition) is 2. The van der Waals surface area contributed by atoms with Gasteiger partial charge in [-0.15, -0.1) is 0 Å². The quantitative estimate of drug-likeness (QED) is 0.852. The van der Waals surface area contributed by atoms with Crippen molar-refractivity contribution in [1.29, 1.82) is 0 Å². The van der Waals surface area contributed by atoms with E-state index in [-0.39, 0.29) is 17.0 Å². The van der Waals surface area contributed by atoms with Crippen molar-refractivity contribution in [3.8, 4) is 5.75 Å². The Kier molecular flexibility index (Phi) is 4.32. The smallest absolute Gasteiger partial charge is 0.422 e. The van der Waals surface area contributed by atoms with Crippen LogP contribution in [0.15, 0.2) is 42.6 Å². The molecule has 1 atom stereocenters. The number of alkyl halides is 3. The molecule has 0 spiro atoms. The largest absolute Gasteiger partial charge is 0.484 e. The normalized spacial score (nSPS) is 13.0. The minimum absolute atomic E-state index is 0.120. The molecule has 0 bridgehead atoms. The summed E-state index contributed by atoms with van der Waals surface area (Å²) in [6, 6.07) is 9.03. The van der Waals surface area contributed by atoms with Gasteiger partial charge in [0.05, 0.1) is 5.69 Å². The van der Waals surface area contributed by atoms with Gasteiger partial charge in [-0.1, -0.05) is 12.1 Å². The summed E-state index contributed by atoms with van der Waals surface area (Å²) < 4.78 is 41.5. The first kappa shape index (κ1) is 15.1. The van der Waals surface area contributed by atoms with Gasteiger partial charge in [0.1, 0.15) is 11.9 Å².